The van der Waals surface area contributed by atoms with Gasteiger partial charge in [-0.05, 0) is 51.5 Å². The second-order valence-electron chi connectivity index (χ2n) is 8.07. The number of fused-ring (bicyclic) bond motifs is 1. The summed E-state index contributed by atoms with van der Waals surface area (Å²) in [7, 11) is 0. The molecule has 3 heterocycles. The number of aryl methyl sites for hydroxylation is 1. The molecule has 1 saturated carbocycles. The molecule has 1 aromatic heterocycles. The van der Waals surface area contributed by atoms with E-state index in [4.69, 9.17) is 9.47 Å². The maximum absolute atomic E-state index is 12.8. The topological polar surface area (TPSA) is 83.7 Å². The van der Waals surface area contributed by atoms with Gasteiger partial charge in [-0.25, -0.2) is 4.79 Å². The van der Waals surface area contributed by atoms with E-state index in [1.807, 2.05) is 0 Å². The molecule has 0 spiro atoms. The van der Waals surface area contributed by atoms with Gasteiger partial charge in [0, 0.05) is 30.9 Å². The largest absolute Gasteiger partial charge is 0.462 e. The average Bonchev–Trinajstić information content (AvgIpc) is 3.32. The molecule has 0 unspecified atom stereocenters. The number of ether oxygens (including phenoxy) is 2. The second kappa shape index (κ2) is 7.28. The first-order valence-corrected chi connectivity index (χ1v) is 10.0. The van der Waals surface area contributed by atoms with E-state index in [-0.39, 0.29) is 17.9 Å². The van der Waals surface area contributed by atoms with E-state index in [0.29, 0.717) is 41.3 Å². The van der Waals surface area contributed by atoms with Crippen LogP contribution in [0.25, 0.3) is 0 Å². The Morgan fingerprint density at radius 1 is 1.30 bits per heavy atom. The SMILES string of the molecule is CCOC(=O)c1c(C)[nH]c(C(=O)N[C@@H]2C[C@H]3CO[C@@H](C4CC4)CN3C2)c1C. The lowest BCUT2D eigenvalue weighted by Crippen LogP contribution is -2.47. The summed E-state index contributed by atoms with van der Waals surface area (Å²) in [6, 6.07) is 0.505. The molecule has 7 heteroatoms. The molecule has 0 radical (unpaired) electrons. The molecular formula is C20H29N3O4. The number of carbonyl (C=O) groups excluding carboxylic acids is 2. The van der Waals surface area contributed by atoms with Gasteiger partial charge in [0.15, 0.2) is 0 Å². The van der Waals surface area contributed by atoms with Crippen LogP contribution in [0, 0.1) is 19.8 Å². The molecule has 3 fully saturated rings. The smallest absolute Gasteiger partial charge is 0.340 e. The number of morpholine rings is 1. The Kier molecular flexibility index (Phi) is 4.99. The molecule has 0 aromatic carbocycles. The fourth-order valence-corrected chi connectivity index (χ4v) is 4.50. The summed E-state index contributed by atoms with van der Waals surface area (Å²) >= 11 is 0. The minimum atomic E-state index is -0.385. The van der Waals surface area contributed by atoms with Crippen LogP contribution in [-0.4, -0.2) is 66.3 Å². The monoisotopic (exact) mass is 375 g/mol. The summed E-state index contributed by atoms with van der Waals surface area (Å²) in [4.78, 5) is 30.5. The van der Waals surface area contributed by atoms with Gasteiger partial charge in [-0.15, -0.1) is 0 Å². The molecule has 7 nitrogen and oxygen atoms in total. The number of nitrogens with one attached hydrogen (secondary N) is 2. The van der Waals surface area contributed by atoms with Crippen LogP contribution >= 0.6 is 0 Å². The van der Waals surface area contributed by atoms with E-state index in [9.17, 15) is 9.59 Å². The predicted molar refractivity (Wildman–Crippen MR) is 99.9 cm³/mol. The third-order valence-corrected chi connectivity index (χ3v) is 6.07. The molecule has 2 N–H and O–H groups in total. The highest BCUT2D eigenvalue weighted by molar-refractivity contribution is 6.00. The van der Waals surface area contributed by atoms with Crippen molar-refractivity contribution in [1.82, 2.24) is 15.2 Å². The van der Waals surface area contributed by atoms with Crippen molar-refractivity contribution in [1.29, 1.82) is 0 Å². The van der Waals surface area contributed by atoms with Crippen molar-refractivity contribution in [3.05, 3.63) is 22.5 Å². The molecule has 27 heavy (non-hydrogen) atoms. The average molecular weight is 375 g/mol. The molecule has 2 saturated heterocycles. The summed E-state index contributed by atoms with van der Waals surface area (Å²) in [5, 5.41) is 3.14. The second-order valence-corrected chi connectivity index (χ2v) is 8.07. The van der Waals surface area contributed by atoms with Crippen LogP contribution in [-0.2, 0) is 9.47 Å². The Morgan fingerprint density at radius 2 is 2.07 bits per heavy atom. The van der Waals surface area contributed by atoms with Gasteiger partial charge in [0.25, 0.3) is 5.91 Å². The lowest BCUT2D eigenvalue weighted by atomic mass is 10.1. The van der Waals surface area contributed by atoms with Gasteiger partial charge in [-0.3, -0.25) is 9.69 Å². The maximum Gasteiger partial charge on any atom is 0.340 e. The van der Waals surface area contributed by atoms with E-state index in [1.54, 1.807) is 20.8 Å². The first-order valence-electron chi connectivity index (χ1n) is 10.0. The number of aromatic amines is 1. The third-order valence-electron chi connectivity index (χ3n) is 6.07. The van der Waals surface area contributed by atoms with Gasteiger partial charge in [0.2, 0.25) is 0 Å². The molecule has 3 atom stereocenters. The van der Waals surface area contributed by atoms with E-state index in [2.05, 4.69) is 15.2 Å². The van der Waals surface area contributed by atoms with Gasteiger partial charge in [0.05, 0.1) is 24.9 Å². The zero-order valence-corrected chi connectivity index (χ0v) is 16.3. The van der Waals surface area contributed by atoms with Crippen LogP contribution in [0.4, 0.5) is 0 Å². The Morgan fingerprint density at radius 3 is 2.78 bits per heavy atom. The standard InChI is InChI=1S/C20H29N3O4/c1-4-26-20(25)17-11(2)18(21-12(17)3)19(24)22-14-7-15-10-27-16(13-5-6-13)9-23(15)8-14/h13-16,21H,4-10H2,1-3H3,(H,22,24)/t14-,15+,16-/m1/s1. The normalized spacial score (nSPS) is 28.0. The highest BCUT2D eigenvalue weighted by Crippen LogP contribution is 2.37. The van der Waals surface area contributed by atoms with Crippen molar-refractivity contribution in [2.45, 2.75) is 58.2 Å². The molecule has 3 aliphatic rings. The third kappa shape index (κ3) is 3.62. The van der Waals surface area contributed by atoms with Crippen LogP contribution < -0.4 is 5.32 Å². The van der Waals surface area contributed by atoms with Crippen molar-refractivity contribution in [2.24, 2.45) is 5.92 Å². The zero-order valence-electron chi connectivity index (χ0n) is 16.3. The van der Waals surface area contributed by atoms with E-state index < -0.39 is 0 Å². The van der Waals surface area contributed by atoms with Crippen molar-refractivity contribution < 1.29 is 19.1 Å². The summed E-state index contributed by atoms with van der Waals surface area (Å²) in [6.07, 6.45) is 3.86. The van der Waals surface area contributed by atoms with Gasteiger partial charge in [-0.1, -0.05) is 0 Å². The maximum atomic E-state index is 12.8. The minimum absolute atomic E-state index is 0.109. The van der Waals surface area contributed by atoms with Crippen molar-refractivity contribution in [2.75, 3.05) is 26.3 Å². The van der Waals surface area contributed by atoms with Gasteiger partial charge in [-0.2, -0.15) is 0 Å². The summed E-state index contributed by atoms with van der Waals surface area (Å²) in [5.74, 6) is 0.199. The van der Waals surface area contributed by atoms with Crippen molar-refractivity contribution in [3.8, 4) is 0 Å². The van der Waals surface area contributed by atoms with Crippen LogP contribution in [0.15, 0.2) is 0 Å². The first kappa shape index (κ1) is 18.5. The number of nitrogens with zero attached hydrogens (tertiary/aromatic N) is 1. The molecule has 1 aromatic rings. The number of hydrogen-bond donors (Lipinski definition) is 2. The lowest BCUT2D eigenvalue weighted by molar-refractivity contribution is -0.0581. The highest BCUT2D eigenvalue weighted by Gasteiger charge is 2.42. The highest BCUT2D eigenvalue weighted by atomic mass is 16.5. The molecular weight excluding hydrogens is 346 g/mol. The van der Waals surface area contributed by atoms with Crippen LogP contribution in [0.5, 0.6) is 0 Å². The molecule has 1 aliphatic carbocycles. The first-order chi connectivity index (χ1) is 13.0. The van der Waals surface area contributed by atoms with Crippen LogP contribution in [0.1, 0.15) is 58.3 Å². The van der Waals surface area contributed by atoms with Gasteiger partial charge in [0.1, 0.15) is 5.69 Å². The molecule has 2 aliphatic heterocycles. The van der Waals surface area contributed by atoms with Crippen molar-refractivity contribution in [3.63, 3.8) is 0 Å². The Bertz CT molecular complexity index is 740. The van der Waals surface area contributed by atoms with Gasteiger partial charge >= 0.3 is 5.97 Å². The number of rotatable bonds is 5. The van der Waals surface area contributed by atoms with E-state index in [1.165, 1.54) is 12.8 Å². The Hall–Kier alpha value is -1.86. The molecule has 4 rings (SSSR count). The summed E-state index contributed by atoms with van der Waals surface area (Å²) in [5.41, 5.74) is 2.23. The zero-order chi connectivity index (χ0) is 19.1. The number of amides is 1. The number of esters is 1. The molecule has 148 valence electrons. The van der Waals surface area contributed by atoms with Crippen LogP contribution in [0.2, 0.25) is 0 Å². The van der Waals surface area contributed by atoms with E-state index in [0.717, 1.165) is 32.0 Å². The summed E-state index contributed by atoms with van der Waals surface area (Å²) in [6.45, 7) is 8.28. The fraction of sp³-hybridized carbons (Fsp3) is 0.700. The van der Waals surface area contributed by atoms with E-state index >= 15 is 0 Å². The summed E-state index contributed by atoms with van der Waals surface area (Å²) < 4.78 is 11.1. The number of carbonyl (C=O) groups is 2. The molecule has 1 amide bonds. The van der Waals surface area contributed by atoms with Crippen LogP contribution in [0.3, 0.4) is 0 Å². The fourth-order valence-electron chi connectivity index (χ4n) is 4.50. The Labute approximate surface area is 159 Å². The number of aromatic nitrogens is 1. The predicted octanol–water partition coefficient (Wildman–Crippen LogP) is 1.79. The number of hydrogen-bond acceptors (Lipinski definition) is 5. The lowest BCUT2D eigenvalue weighted by Gasteiger charge is -2.35. The quantitative estimate of drug-likeness (QED) is 0.767. The van der Waals surface area contributed by atoms with Crippen molar-refractivity contribution >= 4 is 11.9 Å². The van der Waals surface area contributed by atoms with Gasteiger partial charge < -0.3 is 19.8 Å². The number of H-pyrrole nitrogens is 1. The molecule has 0 bridgehead atoms. The minimum Gasteiger partial charge on any atom is -0.462 e. The Balaban J connectivity index is 1.40.